The van der Waals surface area contributed by atoms with E-state index in [-0.39, 0.29) is 11.3 Å². The van der Waals surface area contributed by atoms with Crippen molar-refractivity contribution in [3.05, 3.63) is 46.9 Å². The molecule has 2 rings (SSSR count). The van der Waals surface area contributed by atoms with Gasteiger partial charge >= 0.3 is 0 Å². The van der Waals surface area contributed by atoms with Gasteiger partial charge in [0.25, 0.3) is 5.91 Å². The molecular formula is C15H14FN3O2. The maximum absolute atomic E-state index is 13.2. The van der Waals surface area contributed by atoms with Gasteiger partial charge in [0.1, 0.15) is 11.9 Å². The number of carbonyl (C=O) groups is 1. The molecule has 1 aromatic carbocycles. The Morgan fingerprint density at radius 3 is 2.81 bits per heavy atom. The Morgan fingerprint density at radius 1 is 1.52 bits per heavy atom. The van der Waals surface area contributed by atoms with Gasteiger partial charge in [0.05, 0.1) is 16.9 Å². The summed E-state index contributed by atoms with van der Waals surface area (Å²) in [5.74, 6) is -0.352. The Kier molecular flexibility index (Phi) is 4.03. The number of nitrogens with zero attached hydrogens (tertiary/aromatic N) is 3. The number of aryl methyl sites for hydroxylation is 2. The SMILES string of the molecule is CCc1nc(C)c(C(=O)N(C)c2ccc(F)cc2C#N)o1. The van der Waals surface area contributed by atoms with Crippen molar-refractivity contribution in [3.63, 3.8) is 0 Å². The van der Waals surface area contributed by atoms with Crippen LogP contribution < -0.4 is 4.90 Å². The number of hydrogen-bond acceptors (Lipinski definition) is 4. The summed E-state index contributed by atoms with van der Waals surface area (Å²) in [7, 11) is 1.50. The van der Waals surface area contributed by atoms with E-state index >= 15 is 0 Å². The zero-order chi connectivity index (χ0) is 15.6. The normalized spacial score (nSPS) is 10.2. The largest absolute Gasteiger partial charge is 0.435 e. The monoisotopic (exact) mass is 287 g/mol. The van der Waals surface area contributed by atoms with Crippen LogP contribution in [0, 0.1) is 24.1 Å². The molecule has 0 bridgehead atoms. The molecule has 5 nitrogen and oxygen atoms in total. The van der Waals surface area contributed by atoms with Crippen molar-refractivity contribution in [2.45, 2.75) is 20.3 Å². The molecule has 0 aliphatic carbocycles. The van der Waals surface area contributed by atoms with Crippen LogP contribution in [0.1, 0.15) is 34.6 Å². The van der Waals surface area contributed by atoms with E-state index in [0.29, 0.717) is 23.7 Å². The van der Waals surface area contributed by atoms with Crippen molar-refractivity contribution in [1.82, 2.24) is 4.98 Å². The quantitative estimate of drug-likeness (QED) is 0.870. The summed E-state index contributed by atoms with van der Waals surface area (Å²) < 4.78 is 18.6. The van der Waals surface area contributed by atoms with Crippen molar-refractivity contribution in [2.75, 3.05) is 11.9 Å². The van der Waals surface area contributed by atoms with Gasteiger partial charge in [-0.15, -0.1) is 0 Å². The van der Waals surface area contributed by atoms with Crippen molar-refractivity contribution in [2.24, 2.45) is 0 Å². The van der Waals surface area contributed by atoms with Gasteiger partial charge in [-0.3, -0.25) is 4.79 Å². The highest BCUT2D eigenvalue weighted by Gasteiger charge is 2.23. The Labute approximate surface area is 121 Å². The van der Waals surface area contributed by atoms with Gasteiger partial charge < -0.3 is 9.32 Å². The van der Waals surface area contributed by atoms with E-state index in [1.54, 1.807) is 6.92 Å². The minimum Gasteiger partial charge on any atom is -0.435 e. The van der Waals surface area contributed by atoms with Crippen LogP contribution in [0.4, 0.5) is 10.1 Å². The summed E-state index contributed by atoms with van der Waals surface area (Å²) in [6.07, 6.45) is 0.581. The van der Waals surface area contributed by atoms with Crippen LogP contribution in [0.25, 0.3) is 0 Å². The van der Waals surface area contributed by atoms with Crippen molar-refractivity contribution >= 4 is 11.6 Å². The summed E-state index contributed by atoms with van der Waals surface area (Å²) in [5, 5.41) is 9.05. The van der Waals surface area contributed by atoms with E-state index in [1.807, 2.05) is 13.0 Å². The molecule has 0 fully saturated rings. The number of halogens is 1. The highest BCUT2D eigenvalue weighted by atomic mass is 19.1. The van der Waals surface area contributed by atoms with Crippen molar-refractivity contribution in [3.8, 4) is 6.07 Å². The first kappa shape index (κ1) is 14.7. The lowest BCUT2D eigenvalue weighted by Crippen LogP contribution is -2.27. The Morgan fingerprint density at radius 2 is 2.24 bits per heavy atom. The minimum absolute atomic E-state index is 0.0822. The molecule has 0 saturated heterocycles. The molecule has 0 saturated carbocycles. The van der Waals surface area contributed by atoms with Crippen LogP contribution in [0.15, 0.2) is 22.6 Å². The van der Waals surface area contributed by atoms with E-state index in [0.717, 1.165) is 6.07 Å². The van der Waals surface area contributed by atoms with E-state index in [1.165, 1.54) is 24.1 Å². The molecule has 1 aromatic heterocycles. The molecule has 1 heterocycles. The average Bonchev–Trinajstić information content (AvgIpc) is 2.86. The zero-order valence-corrected chi connectivity index (χ0v) is 12.0. The molecule has 108 valence electrons. The number of rotatable bonds is 3. The van der Waals surface area contributed by atoms with Crippen molar-refractivity contribution in [1.29, 1.82) is 5.26 Å². The number of benzene rings is 1. The Hall–Kier alpha value is -2.68. The Bertz CT molecular complexity index is 731. The average molecular weight is 287 g/mol. The third kappa shape index (κ3) is 2.77. The standard InChI is InChI=1S/C15H14FN3O2/c1-4-13-18-9(2)14(21-13)15(20)19(3)12-6-5-11(16)7-10(12)8-17/h5-7H,4H2,1-3H3. The predicted molar refractivity (Wildman–Crippen MR) is 74.5 cm³/mol. The molecule has 1 amide bonds. The molecule has 0 atom stereocenters. The second kappa shape index (κ2) is 5.75. The lowest BCUT2D eigenvalue weighted by Gasteiger charge is -2.17. The van der Waals surface area contributed by atoms with Gasteiger partial charge in [0.2, 0.25) is 5.76 Å². The summed E-state index contributed by atoms with van der Waals surface area (Å²) in [6.45, 7) is 3.55. The molecule has 0 aliphatic heterocycles. The number of carbonyl (C=O) groups excluding carboxylic acids is 1. The maximum atomic E-state index is 13.2. The lowest BCUT2D eigenvalue weighted by molar-refractivity contribution is 0.0964. The predicted octanol–water partition coefficient (Wildman–Crippen LogP) is 2.83. The molecule has 2 aromatic rings. The number of nitriles is 1. The van der Waals surface area contributed by atoms with Gasteiger partial charge in [-0.05, 0) is 25.1 Å². The first-order valence-corrected chi connectivity index (χ1v) is 6.42. The number of anilines is 1. The van der Waals surface area contributed by atoms with E-state index < -0.39 is 11.7 Å². The van der Waals surface area contributed by atoms with Crippen LogP contribution in [0.5, 0.6) is 0 Å². The number of amides is 1. The van der Waals surface area contributed by atoms with Gasteiger partial charge in [-0.25, -0.2) is 9.37 Å². The van der Waals surface area contributed by atoms with E-state index in [9.17, 15) is 9.18 Å². The number of oxazole rings is 1. The minimum atomic E-state index is -0.528. The third-order valence-corrected chi connectivity index (χ3v) is 3.08. The summed E-state index contributed by atoms with van der Waals surface area (Å²) in [5.41, 5.74) is 0.890. The first-order chi connectivity index (χ1) is 9.97. The van der Waals surface area contributed by atoms with Gasteiger partial charge in [0.15, 0.2) is 5.89 Å². The van der Waals surface area contributed by atoms with Crippen LogP contribution in [0.3, 0.4) is 0 Å². The van der Waals surface area contributed by atoms with Crippen LogP contribution in [0.2, 0.25) is 0 Å². The fourth-order valence-corrected chi connectivity index (χ4v) is 1.95. The van der Waals surface area contributed by atoms with Crippen LogP contribution in [-0.4, -0.2) is 17.9 Å². The topological polar surface area (TPSA) is 70.1 Å². The maximum Gasteiger partial charge on any atom is 0.295 e. The first-order valence-electron chi connectivity index (χ1n) is 6.42. The number of hydrogen-bond donors (Lipinski definition) is 0. The third-order valence-electron chi connectivity index (χ3n) is 3.08. The number of aromatic nitrogens is 1. The molecule has 0 radical (unpaired) electrons. The molecule has 6 heteroatoms. The molecule has 0 unspecified atom stereocenters. The van der Waals surface area contributed by atoms with Gasteiger partial charge in [-0.1, -0.05) is 6.92 Å². The zero-order valence-electron chi connectivity index (χ0n) is 12.0. The fourth-order valence-electron chi connectivity index (χ4n) is 1.95. The Balaban J connectivity index is 2.40. The molecule has 0 N–H and O–H groups in total. The highest BCUT2D eigenvalue weighted by Crippen LogP contribution is 2.23. The molecular weight excluding hydrogens is 273 g/mol. The summed E-state index contributed by atoms with van der Waals surface area (Å²) in [6, 6.07) is 5.55. The second-order valence-corrected chi connectivity index (χ2v) is 4.51. The van der Waals surface area contributed by atoms with Crippen LogP contribution in [-0.2, 0) is 6.42 Å². The van der Waals surface area contributed by atoms with Gasteiger partial charge in [-0.2, -0.15) is 5.26 Å². The highest BCUT2D eigenvalue weighted by molar-refractivity contribution is 6.05. The smallest absolute Gasteiger partial charge is 0.295 e. The van der Waals surface area contributed by atoms with Crippen LogP contribution >= 0.6 is 0 Å². The fraction of sp³-hybridized carbons (Fsp3) is 0.267. The molecule has 0 spiro atoms. The summed E-state index contributed by atoms with van der Waals surface area (Å²) >= 11 is 0. The summed E-state index contributed by atoms with van der Waals surface area (Å²) in [4.78, 5) is 17.8. The molecule has 0 aliphatic rings. The molecule has 21 heavy (non-hydrogen) atoms. The van der Waals surface area contributed by atoms with Gasteiger partial charge in [0, 0.05) is 13.5 Å². The second-order valence-electron chi connectivity index (χ2n) is 4.51. The van der Waals surface area contributed by atoms with E-state index in [4.69, 9.17) is 9.68 Å². The van der Waals surface area contributed by atoms with E-state index in [2.05, 4.69) is 4.98 Å². The lowest BCUT2D eigenvalue weighted by atomic mass is 10.1. The van der Waals surface area contributed by atoms with Crippen molar-refractivity contribution < 1.29 is 13.6 Å².